The molecule has 1 saturated heterocycles. The highest BCUT2D eigenvalue weighted by Crippen LogP contribution is 2.34. The van der Waals surface area contributed by atoms with E-state index in [-0.39, 0.29) is 35.6 Å². The molecule has 2 N–H and O–H groups in total. The van der Waals surface area contributed by atoms with Crippen LogP contribution in [-0.4, -0.2) is 69.5 Å². The molecule has 8 heteroatoms. The number of nitrogens with one attached hydrogen (secondary N) is 2. The van der Waals surface area contributed by atoms with Gasteiger partial charge in [-0.25, -0.2) is 0 Å². The second-order valence-electron chi connectivity index (χ2n) is 8.10. The van der Waals surface area contributed by atoms with Crippen LogP contribution < -0.4 is 20.1 Å². The molecule has 1 atom stereocenters. The first kappa shape index (κ1) is 24.0. The van der Waals surface area contributed by atoms with E-state index in [9.17, 15) is 0 Å². The number of hydrogen-bond donors (Lipinski definition) is 2. The fourth-order valence-electron chi connectivity index (χ4n) is 3.79. The van der Waals surface area contributed by atoms with Crippen molar-refractivity contribution in [3.63, 3.8) is 0 Å². The number of hydrogen-bond acceptors (Lipinski definition) is 5. The molecule has 3 rings (SSSR count). The minimum absolute atomic E-state index is 0. The van der Waals surface area contributed by atoms with Crippen LogP contribution in [0, 0.1) is 0 Å². The van der Waals surface area contributed by atoms with Crippen molar-refractivity contribution < 1.29 is 14.2 Å². The highest BCUT2D eigenvalue weighted by molar-refractivity contribution is 14.0. The maximum absolute atomic E-state index is 5.89. The van der Waals surface area contributed by atoms with Gasteiger partial charge in [-0.2, -0.15) is 0 Å². The van der Waals surface area contributed by atoms with E-state index in [0.29, 0.717) is 6.54 Å². The van der Waals surface area contributed by atoms with Crippen molar-refractivity contribution in [1.29, 1.82) is 0 Å². The van der Waals surface area contributed by atoms with E-state index in [0.717, 1.165) is 62.3 Å². The van der Waals surface area contributed by atoms with E-state index in [1.807, 2.05) is 0 Å². The van der Waals surface area contributed by atoms with Gasteiger partial charge < -0.3 is 24.8 Å². The van der Waals surface area contributed by atoms with Crippen LogP contribution in [0.1, 0.15) is 31.9 Å². The number of nitrogens with zero attached hydrogens (tertiary/aromatic N) is 2. The topological polar surface area (TPSA) is 67.4 Å². The summed E-state index contributed by atoms with van der Waals surface area (Å²) in [5.74, 6) is 2.62. The molecule has 0 aliphatic carbocycles. The van der Waals surface area contributed by atoms with Gasteiger partial charge in [-0.05, 0) is 32.9 Å². The Kier molecular flexibility index (Phi) is 8.84. The van der Waals surface area contributed by atoms with Gasteiger partial charge in [-0.3, -0.25) is 9.89 Å². The van der Waals surface area contributed by atoms with Crippen molar-refractivity contribution in [2.45, 2.75) is 45.4 Å². The van der Waals surface area contributed by atoms with E-state index in [1.165, 1.54) is 5.56 Å². The molecule has 164 valence electrons. The summed E-state index contributed by atoms with van der Waals surface area (Å²) in [6.45, 7) is 11.5. The Morgan fingerprint density at radius 1 is 1.28 bits per heavy atom. The third kappa shape index (κ3) is 6.11. The van der Waals surface area contributed by atoms with Crippen molar-refractivity contribution in [2.75, 3.05) is 47.0 Å². The van der Waals surface area contributed by atoms with Crippen molar-refractivity contribution in [3.05, 3.63) is 23.3 Å². The van der Waals surface area contributed by atoms with Crippen molar-refractivity contribution >= 4 is 29.9 Å². The van der Waals surface area contributed by atoms with Crippen LogP contribution in [0.25, 0.3) is 0 Å². The standard InChI is InChI=1S/C21H34N4O3.HI/c1-15-10-16-11-18(26-5)17(12-19(16)28-15)13-23-20(22-4)24-14-21(2,3)25-6-8-27-9-7-25;/h11-12,15H,6-10,13-14H2,1-5H3,(H2,22,23,24);1H. The van der Waals surface area contributed by atoms with Gasteiger partial charge in [0, 0.05) is 56.3 Å². The number of ether oxygens (including phenoxy) is 3. The van der Waals surface area contributed by atoms with Gasteiger partial charge in [0.2, 0.25) is 0 Å². The van der Waals surface area contributed by atoms with E-state index in [2.05, 4.69) is 53.4 Å². The van der Waals surface area contributed by atoms with Gasteiger partial charge in [-0.1, -0.05) is 0 Å². The zero-order valence-electron chi connectivity index (χ0n) is 18.2. The molecule has 1 aromatic rings. The number of halogens is 1. The Morgan fingerprint density at radius 3 is 2.66 bits per heavy atom. The number of aliphatic imine (C=N–C) groups is 1. The summed E-state index contributed by atoms with van der Waals surface area (Å²) in [7, 11) is 3.50. The van der Waals surface area contributed by atoms with Crippen LogP contribution in [0.3, 0.4) is 0 Å². The Bertz CT molecular complexity index is 705. The summed E-state index contributed by atoms with van der Waals surface area (Å²) < 4.78 is 17.0. The number of rotatable bonds is 6. The number of methoxy groups -OCH3 is 1. The van der Waals surface area contributed by atoms with Crippen molar-refractivity contribution in [3.8, 4) is 11.5 Å². The molecule has 0 aromatic heterocycles. The molecule has 2 aliphatic heterocycles. The average Bonchev–Trinajstić information content (AvgIpc) is 3.06. The van der Waals surface area contributed by atoms with E-state index in [4.69, 9.17) is 14.2 Å². The molecule has 0 amide bonds. The fraction of sp³-hybridized carbons (Fsp3) is 0.667. The van der Waals surface area contributed by atoms with Crippen LogP contribution in [0.15, 0.2) is 17.1 Å². The number of benzene rings is 1. The Balaban J connectivity index is 0.00000300. The molecular weight excluding hydrogens is 483 g/mol. The molecule has 2 heterocycles. The summed E-state index contributed by atoms with van der Waals surface area (Å²) in [5.41, 5.74) is 2.30. The Morgan fingerprint density at radius 2 is 2.00 bits per heavy atom. The minimum Gasteiger partial charge on any atom is -0.496 e. The van der Waals surface area contributed by atoms with Crippen LogP contribution in [0.2, 0.25) is 0 Å². The third-order valence-corrected chi connectivity index (χ3v) is 5.52. The van der Waals surface area contributed by atoms with Gasteiger partial charge >= 0.3 is 0 Å². The van der Waals surface area contributed by atoms with Gasteiger partial charge in [0.25, 0.3) is 0 Å². The van der Waals surface area contributed by atoms with Gasteiger partial charge in [0.15, 0.2) is 5.96 Å². The van der Waals surface area contributed by atoms with Gasteiger partial charge in [0.05, 0.1) is 20.3 Å². The van der Waals surface area contributed by atoms with Gasteiger partial charge in [0.1, 0.15) is 17.6 Å². The van der Waals surface area contributed by atoms with Crippen LogP contribution in [-0.2, 0) is 17.7 Å². The SMILES string of the molecule is CN=C(NCc1cc2c(cc1OC)CC(C)O2)NCC(C)(C)N1CCOCC1.I. The normalized spacial score (nSPS) is 19.8. The maximum atomic E-state index is 5.89. The summed E-state index contributed by atoms with van der Waals surface area (Å²) in [6, 6.07) is 4.17. The zero-order valence-corrected chi connectivity index (χ0v) is 20.5. The quantitative estimate of drug-likeness (QED) is 0.343. The number of guanidine groups is 1. The van der Waals surface area contributed by atoms with Crippen LogP contribution in [0.5, 0.6) is 11.5 Å². The van der Waals surface area contributed by atoms with Gasteiger partial charge in [-0.15, -0.1) is 24.0 Å². The van der Waals surface area contributed by atoms with Crippen LogP contribution in [0.4, 0.5) is 0 Å². The van der Waals surface area contributed by atoms with E-state index >= 15 is 0 Å². The predicted octanol–water partition coefficient (Wildman–Crippen LogP) is 2.41. The van der Waals surface area contributed by atoms with E-state index in [1.54, 1.807) is 14.2 Å². The average molecular weight is 518 g/mol. The highest BCUT2D eigenvalue weighted by Gasteiger charge is 2.28. The Hall–Kier alpha value is -1.26. The summed E-state index contributed by atoms with van der Waals surface area (Å²) in [6.07, 6.45) is 1.15. The predicted molar refractivity (Wildman–Crippen MR) is 127 cm³/mol. The third-order valence-electron chi connectivity index (χ3n) is 5.52. The Labute approximate surface area is 191 Å². The summed E-state index contributed by atoms with van der Waals surface area (Å²) in [5, 5.41) is 6.86. The second-order valence-corrected chi connectivity index (χ2v) is 8.10. The number of fused-ring (bicyclic) bond motifs is 1. The first-order valence-corrected chi connectivity index (χ1v) is 10.1. The molecule has 29 heavy (non-hydrogen) atoms. The lowest BCUT2D eigenvalue weighted by molar-refractivity contribution is -0.00834. The molecule has 1 aromatic carbocycles. The fourth-order valence-corrected chi connectivity index (χ4v) is 3.79. The van der Waals surface area contributed by atoms with E-state index < -0.39 is 0 Å². The molecular formula is C21H35IN4O3. The lowest BCUT2D eigenvalue weighted by Gasteiger charge is -2.41. The largest absolute Gasteiger partial charge is 0.496 e. The zero-order chi connectivity index (χ0) is 20.1. The molecule has 0 radical (unpaired) electrons. The molecule has 0 spiro atoms. The molecule has 1 fully saturated rings. The lowest BCUT2D eigenvalue weighted by atomic mass is 10.0. The molecule has 0 saturated carbocycles. The minimum atomic E-state index is 0. The van der Waals surface area contributed by atoms with Crippen molar-refractivity contribution in [2.24, 2.45) is 4.99 Å². The number of morpholine rings is 1. The smallest absolute Gasteiger partial charge is 0.191 e. The lowest BCUT2D eigenvalue weighted by Crippen LogP contribution is -2.56. The monoisotopic (exact) mass is 518 g/mol. The second kappa shape index (κ2) is 10.7. The molecule has 2 aliphatic rings. The maximum Gasteiger partial charge on any atom is 0.191 e. The summed E-state index contributed by atoms with van der Waals surface area (Å²) in [4.78, 5) is 6.83. The van der Waals surface area contributed by atoms with Crippen LogP contribution >= 0.6 is 24.0 Å². The first-order valence-electron chi connectivity index (χ1n) is 10.1. The summed E-state index contributed by atoms with van der Waals surface area (Å²) >= 11 is 0. The molecule has 1 unspecified atom stereocenters. The highest BCUT2D eigenvalue weighted by atomic mass is 127. The van der Waals surface area contributed by atoms with Crippen molar-refractivity contribution in [1.82, 2.24) is 15.5 Å². The molecule has 7 nitrogen and oxygen atoms in total. The first-order chi connectivity index (χ1) is 13.4. The molecule has 0 bridgehead atoms.